The third-order valence-corrected chi connectivity index (χ3v) is 2.95. The van der Waals surface area contributed by atoms with Gasteiger partial charge in [-0.05, 0) is 30.9 Å². The first-order valence-corrected chi connectivity index (χ1v) is 5.73. The average molecular weight is 242 g/mol. The van der Waals surface area contributed by atoms with Gasteiger partial charge in [-0.25, -0.2) is 8.78 Å². The Balaban J connectivity index is 2.00. The Bertz CT molecular complexity index is 392. The maximum absolute atomic E-state index is 13.5. The molecule has 1 aliphatic heterocycles. The second-order valence-corrected chi connectivity index (χ2v) is 4.29. The molecule has 1 aliphatic rings. The van der Waals surface area contributed by atoms with Gasteiger partial charge in [0.2, 0.25) is 0 Å². The highest BCUT2D eigenvalue weighted by Crippen LogP contribution is 2.25. The van der Waals surface area contributed by atoms with Crippen LogP contribution in [0.25, 0.3) is 0 Å². The lowest BCUT2D eigenvalue weighted by atomic mass is 10.0. The van der Waals surface area contributed by atoms with Crippen molar-refractivity contribution in [2.45, 2.75) is 12.8 Å². The molecule has 1 saturated heterocycles. The predicted molar refractivity (Wildman–Crippen MR) is 62.8 cm³/mol. The molecule has 3 N–H and O–H groups in total. The number of hydrogen-bond donors (Lipinski definition) is 2. The third-order valence-electron chi connectivity index (χ3n) is 2.95. The van der Waals surface area contributed by atoms with Crippen LogP contribution in [0, 0.1) is 17.6 Å². The van der Waals surface area contributed by atoms with Gasteiger partial charge in [-0.2, -0.15) is 0 Å². The minimum Gasteiger partial charge on any atom is -0.397 e. The molecule has 0 spiro atoms. The van der Waals surface area contributed by atoms with Crippen molar-refractivity contribution in [2.75, 3.05) is 30.8 Å². The van der Waals surface area contributed by atoms with Gasteiger partial charge in [0.15, 0.2) is 11.6 Å². The van der Waals surface area contributed by atoms with Gasteiger partial charge < -0.3 is 15.8 Å². The molecule has 0 aromatic heterocycles. The van der Waals surface area contributed by atoms with E-state index in [-0.39, 0.29) is 11.4 Å². The smallest absolute Gasteiger partial charge is 0.183 e. The van der Waals surface area contributed by atoms with Crippen molar-refractivity contribution >= 4 is 11.4 Å². The quantitative estimate of drug-likeness (QED) is 0.800. The number of hydrogen-bond acceptors (Lipinski definition) is 3. The molecule has 17 heavy (non-hydrogen) atoms. The molecule has 1 atom stereocenters. The number of nitrogens with two attached hydrogens (primary N) is 1. The molecule has 0 radical (unpaired) electrons. The summed E-state index contributed by atoms with van der Waals surface area (Å²) in [7, 11) is 0. The van der Waals surface area contributed by atoms with Crippen molar-refractivity contribution in [2.24, 2.45) is 5.92 Å². The molecule has 2 rings (SSSR count). The van der Waals surface area contributed by atoms with Gasteiger partial charge in [0.25, 0.3) is 0 Å². The number of rotatable bonds is 3. The molecule has 94 valence electrons. The largest absolute Gasteiger partial charge is 0.397 e. The van der Waals surface area contributed by atoms with Crippen molar-refractivity contribution in [1.82, 2.24) is 0 Å². The lowest BCUT2D eigenvalue weighted by Crippen LogP contribution is -2.25. The zero-order chi connectivity index (χ0) is 12.3. The zero-order valence-electron chi connectivity index (χ0n) is 9.51. The number of ether oxygens (including phenoxy) is 1. The molecular weight excluding hydrogens is 226 g/mol. The summed E-state index contributed by atoms with van der Waals surface area (Å²) in [5, 5.41) is 2.87. The van der Waals surface area contributed by atoms with Crippen LogP contribution in [0.5, 0.6) is 0 Å². The van der Waals surface area contributed by atoms with Crippen LogP contribution in [0.15, 0.2) is 12.1 Å². The van der Waals surface area contributed by atoms with Gasteiger partial charge in [-0.15, -0.1) is 0 Å². The number of halogens is 2. The summed E-state index contributed by atoms with van der Waals surface area (Å²) in [6, 6.07) is 2.39. The average Bonchev–Trinajstić information content (AvgIpc) is 2.35. The van der Waals surface area contributed by atoms with Crippen LogP contribution in [0.1, 0.15) is 12.8 Å². The van der Waals surface area contributed by atoms with E-state index in [0.717, 1.165) is 25.5 Å². The highest BCUT2D eigenvalue weighted by Gasteiger charge is 2.16. The Kier molecular flexibility index (Phi) is 3.78. The van der Waals surface area contributed by atoms with E-state index in [1.807, 2.05) is 0 Å². The minimum absolute atomic E-state index is 0.0515. The first-order chi connectivity index (χ1) is 8.18. The third kappa shape index (κ3) is 2.85. The van der Waals surface area contributed by atoms with Crippen molar-refractivity contribution in [3.63, 3.8) is 0 Å². The van der Waals surface area contributed by atoms with E-state index in [2.05, 4.69) is 5.32 Å². The Morgan fingerprint density at radius 2 is 2.24 bits per heavy atom. The topological polar surface area (TPSA) is 47.3 Å². The van der Waals surface area contributed by atoms with E-state index < -0.39 is 11.6 Å². The SMILES string of the molecule is Nc1ccc(F)c(F)c1NCC1CCCOC1. The van der Waals surface area contributed by atoms with E-state index in [0.29, 0.717) is 19.1 Å². The molecule has 1 heterocycles. The minimum atomic E-state index is -0.915. The zero-order valence-corrected chi connectivity index (χ0v) is 9.51. The molecule has 3 nitrogen and oxygen atoms in total. The van der Waals surface area contributed by atoms with Gasteiger partial charge in [0.1, 0.15) is 0 Å². The second kappa shape index (κ2) is 5.31. The monoisotopic (exact) mass is 242 g/mol. The highest BCUT2D eigenvalue weighted by atomic mass is 19.2. The van der Waals surface area contributed by atoms with Crippen LogP contribution in [0.4, 0.5) is 20.2 Å². The summed E-state index contributed by atoms with van der Waals surface area (Å²) >= 11 is 0. The Morgan fingerprint density at radius 1 is 1.41 bits per heavy atom. The van der Waals surface area contributed by atoms with E-state index in [1.54, 1.807) is 0 Å². The van der Waals surface area contributed by atoms with E-state index in [4.69, 9.17) is 10.5 Å². The summed E-state index contributed by atoms with van der Waals surface area (Å²) in [4.78, 5) is 0. The normalized spacial score (nSPS) is 20.2. The van der Waals surface area contributed by atoms with Crippen LogP contribution < -0.4 is 11.1 Å². The molecule has 1 aromatic carbocycles. The van der Waals surface area contributed by atoms with Gasteiger partial charge in [-0.3, -0.25) is 0 Å². The van der Waals surface area contributed by atoms with Crippen molar-refractivity contribution in [3.05, 3.63) is 23.8 Å². The van der Waals surface area contributed by atoms with Crippen LogP contribution in [0.3, 0.4) is 0 Å². The lowest BCUT2D eigenvalue weighted by Gasteiger charge is -2.23. The number of nitrogens with one attached hydrogen (secondary N) is 1. The highest BCUT2D eigenvalue weighted by molar-refractivity contribution is 5.66. The Labute approximate surface area is 98.9 Å². The summed E-state index contributed by atoms with van der Waals surface area (Å²) in [5.41, 5.74) is 5.88. The fraction of sp³-hybridized carbons (Fsp3) is 0.500. The molecule has 1 fully saturated rings. The molecule has 0 aliphatic carbocycles. The summed E-state index contributed by atoms with van der Waals surface area (Å²) in [5.74, 6) is -1.48. The first-order valence-electron chi connectivity index (χ1n) is 5.73. The number of benzene rings is 1. The molecule has 0 bridgehead atoms. The van der Waals surface area contributed by atoms with Gasteiger partial charge in [-0.1, -0.05) is 0 Å². The fourth-order valence-electron chi connectivity index (χ4n) is 1.96. The van der Waals surface area contributed by atoms with Crippen LogP contribution in [-0.2, 0) is 4.74 Å². The van der Waals surface area contributed by atoms with Crippen LogP contribution in [-0.4, -0.2) is 19.8 Å². The van der Waals surface area contributed by atoms with E-state index in [1.165, 1.54) is 6.07 Å². The molecule has 1 unspecified atom stereocenters. The number of anilines is 2. The standard InChI is InChI=1S/C12H16F2N2O/c13-9-3-4-10(15)12(11(9)14)16-6-8-2-1-5-17-7-8/h3-4,8,16H,1-2,5-7,15H2. The van der Waals surface area contributed by atoms with E-state index in [9.17, 15) is 8.78 Å². The van der Waals surface area contributed by atoms with Crippen LogP contribution >= 0.6 is 0 Å². The summed E-state index contributed by atoms with van der Waals surface area (Å²) < 4.78 is 31.8. The molecule has 5 heteroatoms. The van der Waals surface area contributed by atoms with Crippen molar-refractivity contribution in [3.8, 4) is 0 Å². The van der Waals surface area contributed by atoms with Crippen LogP contribution in [0.2, 0.25) is 0 Å². The van der Waals surface area contributed by atoms with Crippen molar-refractivity contribution in [1.29, 1.82) is 0 Å². The van der Waals surface area contributed by atoms with Gasteiger partial charge in [0, 0.05) is 13.2 Å². The lowest BCUT2D eigenvalue weighted by molar-refractivity contribution is 0.0595. The second-order valence-electron chi connectivity index (χ2n) is 4.29. The van der Waals surface area contributed by atoms with Gasteiger partial charge in [0.05, 0.1) is 18.0 Å². The van der Waals surface area contributed by atoms with Gasteiger partial charge >= 0.3 is 0 Å². The summed E-state index contributed by atoms with van der Waals surface area (Å²) in [6.07, 6.45) is 2.04. The Morgan fingerprint density at radius 3 is 2.94 bits per heavy atom. The summed E-state index contributed by atoms with van der Waals surface area (Å²) in [6.45, 7) is 1.99. The number of nitrogen functional groups attached to an aromatic ring is 1. The molecule has 1 aromatic rings. The molecule has 0 amide bonds. The maximum Gasteiger partial charge on any atom is 0.183 e. The van der Waals surface area contributed by atoms with E-state index >= 15 is 0 Å². The molecular formula is C12H16F2N2O. The predicted octanol–water partition coefficient (Wildman–Crippen LogP) is 2.39. The first kappa shape index (κ1) is 12.1. The maximum atomic E-state index is 13.5. The van der Waals surface area contributed by atoms with Crippen molar-refractivity contribution < 1.29 is 13.5 Å². The fourth-order valence-corrected chi connectivity index (χ4v) is 1.96. The Hall–Kier alpha value is -1.36. The molecule has 0 saturated carbocycles.